The maximum Gasteiger partial charge on any atom is 0.392 e. The molecule has 0 fully saturated rings. The van der Waals surface area contributed by atoms with Gasteiger partial charge >= 0.3 is 11.9 Å². The molecule has 0 bridgehead atoms. The molecular formula is C7H6N4O3. The van der Waals surface area contributed by atoms with Gasteiger partial charge in [0.1, 0.15) is 6.26 Å². The summed E-state index contributed by atoms with van der Waals surface area (Å²) >= 11 is 0. The van der Waals surface area contributed by atoms with E-state index in [-0.39, 0.29) is 5.89 Å². The Morgan fingerprint density at radius 3 is 3.00 bits per heavy atom. The number of H-pyrrole nitrogens is 1. The van der Waals surface area contributed by atoms with Crippen molar-refractivity contribution in [3.63, 3.8) is 0 Å². The Balaban J connectivity index is 2.14. The molecule has 0 spiro atoms. The first kappa shape index (κ1) is 8.30. The number of nitrogens with one attached hydrogen (secondary N) is 2. The van der Waals surface area contributed by atoms with Crippen LogP contribution in [0, 0.1) is 0 Å². The summed E-state index contributed by atoms with van der Waals surface area (Å²) in [4.78, 5) is 14.1. The Bertz CT molecular complexity index is 433. The van der Waals surface area contributed by atoms with E-state index in [1.54, 1.807) is 12.3 Å². The van der Waals surface area contributed by atoms with Crippen LogP contribution in [-0.4, -0.2) is 26.3 Å². The average molecular weight is 194 g/mol. The summed E-state index contributed by atoms with van der Waals surface area (Å²) in [6.45, 7) is 0. The summed E-state index contributed by atoms with van der Waals surface area (Å²) in [5, 5.41) is 17.7. The largest absolute Gasteiger partial charge is 0.474 e. The minimum absolute atomic E-state index is 0.300. The summed E-state index contributed by atoms with van der Waals surface area (Å²) in [7, 11) is 0. The number of carbonyl (C=O) groups is 1. The van der Waals surface area contributed by atoms with Gasteiger partial charge in [0.15, 0.2) is 11.6 Å². The van der Waals surface area contributed by atoms with Gasteiger partial charge in [-0.15, -0.1) is 0 Å². The predicted octanol–water partition coefficient (Wildman–Crippen LogP) is 0.839. The molecule has 2 heterocycles. The van der Waals surface area contributed by atoms with Gasteiger partial charge < -0.3 is 14.8 Å². The summed E-state index contributed by atoms with van der Waals surface area (Å²) in [6.07, 6.45) is 2.83. The van der Waals surface area contributed by atoms with Crippen molar-refractivity contribution in [2.45, 2.75) is 0 Å². The molecule has 0 saturated heterocycles. The highest BCUT2D eigenvalue weighted by molar-refractivity contribution is 5.82. The first-order valence-corrected chi connectivity index (χ1v) is 3.71. The average Bonchev–Trinajstić information content (AvgIpc) is 2.75. The summed E-state index contributed by atoms with van der Waals surface area (Å²) in [5.41, 5.74) is 0. The van der Waals surface area contributed by atoms with Gasteiger partial charge in [0.2, 0.25) is 0 Å². The maximum absolute atomic E-state index is 10.4. The third-order valence-corrected chi connectivity index (χ3v) is 1.44. The number of carboxylic acid groups (broad SMARTS) is 1. The smallest absolute Gasteiger partial charge is 0.392 e. The fraction of sp³-hybridized carbons (Fsp3) is 0. The molecule has 0 amide bonds. The molecule has 3 N–H and O–H groups in total. The van der Waals surface area contributed by atoms with Crippen LogP contribution in [0.4, 0.5) is 11.6 Å². The van der Waals surface area contributed by atoms with Crippen molar-refractivity contribution in [3.05, 3.63) is 24.4 Å². The predicted molar refractivity (Wildman–Crippen MR) is 45.3 cm³/mol. The van der Waals surface area contributed by atoms with Gasteiger partial charge in [-0.05, 0) is 0 Å². The van der Waals surface area contributed by atoms with Crippen LogP contribution in [0.2, 0.25) is 0 Å². The second kappa shape index (κ2) is 3.21. The van der Waals surface area contributed by atoms with Crippen LogP contribution in [0.15, 0.2) is 22.9 Å². The molecule has 0 aliphatic rings. The zero-order chi connectivity index (χ0) is 9.97. The number of carboxylic acids is 1. The molecule has 2 rings (SSSR count). The minimum atomic E-state index is -1.21. The van der Waals surface area contributed by atoms with Crippen LogP contribution in [-0.2, 0) is 0 Å². The number of aromatic carboxylic acids is 1. The van der Waals surface area contributed by atoms with Gasteiger partial charge in [-0.3, -0.25) is 5.10 Å². The van der Waals surface area contributed by atoms with Crippen LogP contribution in [0.25, 0.3) is 0 Å². The van der Waals surface area contributed by atoms with Crippen LogP contribution in [0.1, 0.15) is 10.7 Å². The van der Waals surface area contributed by atoms with Gasteiger partial charge in [0.05, 0.1) is 0 Å². The molecule has 14 heavy (non-hydrogen) atoms. The molecular weight excluding hydrogens is 188 g/mol. The van der Waals surface area contributed by atoms with E-state index in [1.807, 2.05) is 0 Å². The first-order valence-electron chi connectivity index (χ1n) is 3.71. The van der Waals surface area contributed by atoms with Gasteiger partial charge in [-0.25, -0.2) is 4.79 Å². The Morgan fingerprint density at radius 1 is 1.57 bits per heavy atom. The maximum atomic E-state index is 10.4. The molecule has 0 atom stereocenters. The Morgan fingerprint density at radius 2 is 2.43 bits per heavy atom. The van der Waals surface area contributed by atoms with Crippen molar-refractivity contribution in [2.24, 2.45) is 0 Å². The number of aromatic nitrogens is 3. The van der Waals surface area contributed by atoms with Gasteiger partial charge in [-0.2, -0.15) is 10.1 Å². The van der Waals surface area contributed by atoms with E-state index in [1.165, 1.54) is 6.26 Å². The molecule has 2 aromatic rings. The molecule has 0 unspecified atom stereocenters. The number of aromatic amines is 1. The molecule has 0 aromatic carbocycles. The molecule has 7 nitrogen and oxygen atoms in total. The van der Waals surface area contributed by atoms with Crippen LogP contribution >= 0.6 is 0 Å². The highest BCUT2D eigenvalue weighted by Crippen LogP contribution is 2.12. The summed E-state index contributed by atoms with van der Waals surface area (Å²) in [5.74, 6) is -0.729. The van der Waals surface area contributed by atoms with Crippen molar-refractivity contribution in [1.29, 1.82) is 0 Å². The third-order valence-electron chi connectivity index (χ3n) is 1.44. The number of anilines is 2. The van der Waals surface area contributed by atoms with Crippen molar-refractivity contribution in [3.8, 4) is 0 Å². The zero-order valence-corrected chi connectivity index (χ0v) is 6.89. The summed E-state index contributed by atoms with van der Waals surface area (Å²) < 4.78 is 4.66. The first-order chi connectivity index (χ1) is 6.75. The lowest BCUT2D eigenvalue weighted by atomic mass is 10.6. The normalized spacial score (nSPS) is 10.0. The zero-order valence-electron chi connectivity index (χ0n) is 6.89. The topological polar surface area (TPSA) is 104 Å². The highest BCUT2D eigenvalue weighted by Gasteiger charge is 2.11. The van der Waals surface area contributed by atoms with E-state index in [0.717, 1.165) is 0 Å². The van der Waals surface area contributed by atoms with E-state index in [0.29, 0.717) is 11.6 Å². The third kappa shape index (κ3) is 1.56. The SMILES string of the molecule is O=C(O)c1nc(Nc2cc[nH]n2)co1. The van der Waals surface area contributed by atoms with Crippen LogP contribution in [0.5, 0.6) is 0 Å². The standard InChI is InChI=1S/C7H6N4O3/c12-7(13)6-10-5(3-14-6)9-4-1-2-8-11-4/h1-3H,(H,12,13)(H2,8,9,11). The van der Waals surface area contributed by atoms with Gasteiger partial charge in [0.25, 0.3) is 0 Å². The second-order valence-electron chi connectivity index (χ2n) is 2.43. The molecule has 2 aromatic heterocycles. The second-order valence-corrected chi connectivity index (χ2v) is 2.43. The van der Waals surface area contributed by atoms with E-state index in [4.69, 9.17) is 5.11 Å². The van der Waals surface area contributed by atoms with Crippen LogP contribution < -0.4 is 5.32 Å². The molecule has 0 aliphatic heterocycles. The number of oxazole rings is 1. The van der Waals surface area contributed by atoms with Crippen LogP contribution in [0.3, 0.4) is 0 Å². The molecule has 72 valence electrons. The van der Waals surface area contributed by atoms with E-state index in [9.17, 15) is 4.79 Å². The Kier molecular flexibility index (Phi) is 1.90. The number of rotatable bonds is 3. The molecule has 0 radical (unpaired) electrons. The van der Waals surface area contributed by atoms with E-state index in [2.05, 4.69) is 24.9 Å². The molecule has 7 heteroatoms. The summed E-state index contributed by atoms with van der Waals surface area (Å²) in [6, 6.07) is 1.68. The fourth-order valence-corrected chi connectivity index (χ4v) is 0.890. The quantitative estimate of drug-likeness (QED) is 0.668. The number of nitrogens with zero attached hydrogens (tertiary/aromatic N) is 2. The van der Waals surface area contributed by atoms with Gasteiger partial charge in [-0.1, -0.05) is 0 Å². The monoisotopic (exact) mass is 194 g/mol. The lowest BCUT2D eigenvalue weighted by molar-refractivity contribution is 0.0653. The van der Waals surface area contributed by atoms with Crippen molar-refractivity contribution < 1.29 is 14.3 Å². The van der Waals surface area contributed by atoms with Crippen molar-refractivity contribution in [2.75, 3.05) is 5.32 Å². The minimum Gasteiger partial charge on any atom is -0.474 e. The highest BCUT2D eigenvalue weighted by atomic mass is 16.4. The van der Waals surface area contributed by atoms with Crippen molar-refractivity contribution in [1.82, 2.24) is 15.2 Å². The van der Waals surface area contributed by atoms with E-state index >= 15 is 0 Å². The Hall–Kier alpha value is -2.31. The van der Waals surface area contributed by atoms with Crippen molar-refractivity contribution >= 4 is 17.6 Å². The Labute approximate surface area is 77.8 Å². The van der Waals surface area contributed by atoms with Gasteiger partial charge in [0, 0.05) is 12.3 Å². The molecule has 0 saturated carbocycles. The lowest BCUT2D eigenvalue weighted by Gasteiger charge is -1.93. The lowest BCUT2D eigenvalue weighted by Crippen LogP contribution is -1.97. The molecule has 0 aliphatic carbocycles. The fourth-order valence-electron chi connectivity index (χ4n) is 0.890. The number of hydrogen-bond acceptors (Lipinski definition) is 5. The number of hydrogen-bond donors (Lipinski definition) is 3. The van der Waals surface area contributed by atoms with E-state index < -0.39 is 5.97 Å².